The molecular formula is C15H26N2O2. The Labute approximate surface area is 116 Å². The third kappa shape index (κ3) is 7.80. The Hall–Kier alpha value is -1.13. The highest BCUT2D eigenvalue weighted by molar-refractivity contribution is 5.22. The van der Waals surface area contributed by atoms with Crippen LogP contribution in [0.3, 0.4) is 0 Å². The smallest absolute Gasteiger partial charge is 0.122 e. The molecule has 4 heteroatoms. The third-order valence-electron chi connectivity index (χ3n) is 2.66. The molecule has 1 aromatic heterocycles. The maximum absolute atomic E-state index is 5.64. The van der Waals surface area contributed by atoms with Crippen LogP contribution in [-0.2, 0) is 11.3 Å². The van der Waals surface area contributed by atoms with Crippen LogP contribution in [0.15, 0.2) is 18.3 Å². The largest absolute Gasteiger partial charge is 0.491 e. The summed E-state index contributed by atoms with van der Waals surface area (Å²) in [6.45, 7) is 8.17. The molecule has 19 heavy (non-hydrogen) atoms. The zero-order valence-electron chi connectivity index (χ0n) is 12.2. The molecule has 0 aliphatic heterocycles. The molecule has 0 spiro atoms. The van der Waals surface area contributed by atoms with Crippen LogP contribution in [0.4, 0.5) is 0 Å². The second kappa shape index (κ2) is 10.8. The van der Waals surface area contributed by atoms with Gasteiger partial charge in [0, 0.05) is 25.4 Å². The highest BCUT2D eigenvalue weighted by atomic mass is 16.5. The van der Waals surface area contributed by atoms with Gasteiger partial charge in [0.2, 0.25) is 0 Å². The average molecular weight is 266 g/mol. The van der Waals surface area contributed by atoms with Gasteiger partial charge in [-0.05, 0) is 25.5 Å². The summed E-state index contributed by atoms with van der Waals surface area (Å²) in [5, 5.41) is 3.33. The summed E-state index contributed by atoms with van der Waals surface area (Å²) >= 11 is 0. The van der Waals surface area contributed by atoms with Gasteiger partial charge in [0.1, 0.15) is 12.4 Å². The van der Waals surface area contributed by atoms with Crippen molar-refractivity contribution in [2.24, 2.45) is 0 Å². The van der Waals surface area contributed by atoms with Crippen LogP contribution in [0.2, 0.25) is 0 Å². The molecule has 0 aromatic carbocycles. The topological polar surface area (TPSA) is 43.4 Å². The van der Waals surface area contributed by atoms with Crippen molar-refractivity contribution in [3.05, 3.63) is 24.0 Å². The van der Waals surface area contributed by atoms with Gasteiger partial charge in [0.05, 0.1) is 12.3 Å². The summed E-state index contributed by atoms with van der Waals surface area (Å²) in [5.41, 5.74) is 1.01. The van der Waals surface area contributed by atoms with E-state index in [9.17, 15) is 0 Å². The SMILES string of the molecule is CCCCOCCOc1ccnc(CNCCC)c1. The van der Waals surface area contributed by atoms with Gasteiger partial charge < -0.3 is 14.8 Å². The Morgan fingerprint density at radius 1 is 1.16 bits per heavy atom. The van der Waals surface area contributed by atoms with Crippen LogP contribution in [0.1, 0.15) is 38.8 Å². The molecule has 0 aliphatic carbocycles. The van der Waals surface area contributed by atoms with Crippen LogP contribution >= 0.6 is 0 Å². The van der Waals surface area contributed by atoms with E-state index < -0.39 is 0 Å². The van der Waals surface area contributed by atoms with Gasteiger partial charge >= 0.3 is 0 Å². The molecule has 4 nitrogen and oxygen atoms in total. The number of nitrogens with one attached hydrogen (secondary N) is 1. The zero-order chi connectivity index (χ0) is 13.8. The Kier molecular flexibility index (Phi) is 9.02. The van der Waals surface area contributed by atoms with Gasteiger partial charge in [-0.3, -0.25) is 4.98 Å². The lowest BCUT2D eigenvalue weighted by Crippen LogP contribution is -2.15. The van der Waals surface area contributed by atoms with Crippen molar-refractivity contribution >= 4 is 0 Å². The standard InChI is InChI=1S/C15H26N2O2/c1-3-5-9-18-10-11-19-15-6-8-17-14(12-15)13-16-7-4-2/h6,8,12,16H,3-5,7,9-11,13H2,1-2H3. The van der Waals surface area contributed by atoms with E-state index in [0.717, 1.165) is 44.0 Å². The minimum Gasteiger partial charge on any atom is -0.491 e. The zero-order valence-corrected chi connectivity index (χ0v) is 12.2. The number of nitrogens with zero attached hydrogens (tertiary/aromatic N) is 1. The van der Waals surface area contributed by atoms with Crippen molar-refractivity contribution in [3.8, 4) is 5.75 Å². The van der Waals surface area contributed by atoms with Crippen molar-refractivity contribution in [2.45, 2.75) is 39.7 Å². The maximum atomic E-state index is 5.64. The maximum Gasteiger partial charge on any atom is 0.122 e. The fourth-order valence-electron chi connectivity index (χ4n) is 1.60. The Bertz CT molecular complexity index is 332. The first-order valence-electron chi connectivity index (χ1n) is 7.23. The lowest BCUT2D eigenvalue weighted by atomic mass is 10.3. The van der Waals surface area contributed by atoms with E-state index in [1.54, 1.807) is 6.20 Å². The number of hydrogen-bond donors (Lipinski definition) is 1. The summed E-state index contributed by atoms with van der Waals surface area (Å²) in [7, 11) is 0. The molecular weight excluding hydrogens is 240 g/mol. The fourth-order valence-corrected chi connectivity index (χ4v) is 1.60. The number of unbranched alkanes of at least 4 members (excludes halogenated alkanes) is 1. The number of rotatable bonds is 11. The molecule has 0 saturated heterocycles. The van der Waals surface area contributed by atoms with Crippen molar-refractivity contribution in [1.29, 1.82) is 0 Å². The first kappa shape index (κ1) is 15.9. The average Bonchev–Trinajstić information content (AvgIpc) is 2.43. The molecule has 0 fully saturated rings. The van der Waals surface area contributed by atoms with E-state index in [2.05, 4.69) is 24.1 Å². The van der Waals surface area contributed by atoms with E-state index in [4.69, 9.17) is 9.47 Å². The molecule has 108 valence electrons. The van der Waals surface area contributed by atoms with Gasteiger partial charge in [-0.2, -0.15) is 0 Å². The van der Waals surface area contributed by atoms with Crippen molar-refractivity contribution in [1.82, 2.24) is 10.3 Å². The van der Waals surface area contributed by atoms with Gasteiger partial charge in [-0.15, -0.1) is 0 Å². The normalized spacial score (nSPS) is 10.6. The lowest BCUT2D eigenvalue weighted by molar-refractivity contribution is 0.0980. The number of pyridine rings is 1. The molecule has 0 aliphatic rings. The highest BCUT2D eigenvalue weighted by Gasteiger charge is 1.98. The van der Waals surface area contributed by atoms with Crippen molar-refractivity contribution in [3.63, 3.8) is 0 Å². The molecule has 0 saturated carbocycles. The molecule has 1 rings (SSSR count). The molecule has 1 aromatic rings. The van der Waals surface area contributed by atoms with Crippen molar-refractivity contribution in [2.75, 3.05) is 26.4 Å². The van der Waals surface area contributed by atoms with Gasteiger partial charge in [-0.1, -0.05) is 20.3 Å². The highest BCUT2D eigenvalue weighted by Crippen LogP contribution is 2.10. The molecule has 0 atom stereocenters. The Balaban J connectivity index is 2.20. The Morgan fingerprint density at radius 3 is 2.84 bits per heavy atom. The van der Waals surface area contributed by atoms with Crippen LogP contribution in [0, 0.1) is 0 Å². The number of ether oxygens (including phenoxy) is 2. The summed E-state index contributed by atoms with van der Waals surface area (Å²) in [6.07, 6.45) is 5.20. The predicted molar refractivity (Wildman–Crippen MR) is 77.5 cm³/mol. The van der Waals surface area contributed by atoms with E-state index in [1.165, 1.54) is 6.42 Å². The summed E-state index contributed by atoms with van der Waals surface area (Å²) in [4.78, 5) is 4.31. The Morgan fingerprint density at radius 2 is 2.05 bits per heavy atom. The summed E-state index contributed by atoms with van der Waals surface area (Å²) in [5.74, 6) is 0.863. The van der Waals surface area contributed by atoms with E-state index in [-0.39, 0.29) is 0 Å². The number of aromatic nitrogens is 1. The molecule has 0 unspecified atom stereocenters. The second-order valence-corrected chi connectivity index (χ2v) is 4.47. The second-order valence-electron chi connectivity index (χ2n) is 4.47. The molecule has 0 amide bonds. The first-order valence-corrected chi connectivity index (χ1v) is 7.23. The van der Waals surface area contributed by atoms with Gasteiger partial charge in [0.25, 0.3) is 0 Å². The molecule has 1 N–H and O–H groups in total. The minimum atomic E-state index is 0.593. The lowest BCUT2D eigenvalue weighted by Gasteiger charge is -2.08. The molecule has 1 heterocycles. The van der Waals surface area contributed by atoms with E-state index >= 15 is 0 Å². The molecule has 0 bridgehead atoms. The fraction of sp³-hybridized carbons (Fsp3) is 0.667. The summed E-state index contributed by atoms with van der Waals surface area (Å²) < 4.78 is 11.1. The predicted octanol–water partition coefficient (Wildman–Crippen LogP) is 2.78. The molecule has 0 radical (unpaired) electrons. The van der Waals surface area contributed by atoms with Crippen LogP contribution in [0.5, 0.6) is 5.75 Å². The van der Waals surface area contributed by atoms with Crippen LogP contribution in [-0.4, -0.2) is 31.3 Å². The minimum absolute atomic E-state index is 0.593. The quantitative estimate of drug-likeness (QED) is 0.625. The summed E-state index contributed by atoms with van der Waals surface area (Å²) in [6, 6.07) is 3.87. The van der Waals surface area contributed by atoms with Crippen molar-refractivity contribution < 1.29 is 9.47 Å². The third-order valence-corrected chi connectivity index (χ3v) is 2.66. The van der Waals surface area contributed by atoms with E-state index in [1.807, 2.05) is 12.1 Å². The van der Waals surface area contributed by atoms with Crippen LogP contribution < -0.4 is 10.1 Å². The monoisotopic (exact) mass is 266 g/mol. The first-order chi connectivity index (χ1) is 9.36. The van der Waals surface area contributed by atoms with Gasteiger partial charge in [0.15, 0.2) is 0 Å². The van der Waals surface area contributed by atoms with E-state index in [0.29, 0.717) is 13.2 Å². The van der Waals surface area contributed by atoms with Crippen LogP contribution in [0.25, 0.3) is 0 Å². The number of hydrogen-bond acceptors (Lipinski definition) is 4. The van der Waals surface area contributed by atoms with Gasteiger partial charge in [-0.25, -0.2) is 0 Å².